The molecule has 0 saturated carbocycles. The van der Waals surface area contributed by atoms with Crippen LogP contribution >= 0.6 is 0 Å². The van der Waals surface area contributed by atoms with E-state index in [4.69, 9.17) is 9.47 Å². The highest BCUT2D eigenvalue weighted by atomic mass is 28.3. The summed E-state index contributed by atoms with van der Waals surface area (Å²) >= 11 is 0. The maximum absolute atomic E-state index is 12.4. The molecule has 1 atom stereocenters. The van der Waals surface area contributed by atoms with Gasteiger partial charge < -0.3 is 25.2 Å². The molecule has 2 aromatic carbocycles. The van der Waals surface area contributed by atoms with E-state index in [1.807, 2.05) is 48.5 Å². The number of carboxylic acids is 1. The van der Waals surface area contributed by atoms with Crippen LogP contribution in [0, 0.1) is 0 Å². The molecule has 0 unspecified atom stereocenters. The first kappa shape index (κ1) is 25.3. The molecule has 2 amide bonds. The van der Waals surface area contributed by atoms with Crippen molar-refractivity contribution < 1.29 is 29.0 Å². The van der Waals surface area contributed by atoms with E-state index >= 15 is 0 Å². The molecule has 0 heterocycles. The number of amides is 2. The summed E-state index contributed by atoms with van der Waals surface area (Å²) in [6.07, 6.45) is -1.40. The van der Waals surface area contributed by atoms with E-state index in [2.05, 4.69) is 30.3 Å². The molecule has 1 aliphatic rings. The van der Waals surface area contributed by atoms with Crippen LogP contribution in [0.15, 0.2) is 48.5 Å². The van der Waals surface area contributed by atoms with Gasteiger partial charge in [0.15, 0.2) is 0 Å². The second-order valence-corrected chi connectivity index (χ2v) is 15.1. The molecule has 1 aliphatic carbocycles. The van der Waals surface area contributed by atoms with Crippen molar-refractivity contribution in [2.45, 2.75) is 44.1 Å². The Balaban J connectivity index is 1.47. The minimum absolute atomic E-state index is 0.00263. The van der Waals surface area contributed by atoms with Crippen molar-refractivity contribution in [3.05, 3.63) is 59.7 Å². The van der Waals surface area contributed by atoms with Crippen molar-refractivity contribution in [2.75, 3.05) is 19.8 Å². The fourth-order valence-corrected chi connectivity index (χ4v) is 4.57. The summed E-state index contributed by atoms with van der Waals surface area (Å²) in [6.45, 7) is 7.02. The smallest absolute Gasteiger partial charge is 0.407 e. The van der Waals surface area contributed by atoms with Crippen LogP contribution in [0.1, 0.15) is 23.5 Å². The number of ether oxygens (including phenoxy) is 2. The molecule has 34 heavy (non-hydrogen) atoms. The van der Waals surface area contributed by atoms with Gasteiger partial charge in [0.05, 0.1) is 6.61 Å². The van der Waals surface area contributed by atoms with Gasteiger partial charge in [-0.3, -0.25) is 0 Å². The van der Waals surface area contributed by atoms with E-state index in [9.17, 15) is 19.5 Å². The second kappa shape index (κ2) is 11.2. The van der Waals surface area contributed by atoms with E-state index in [0.717, 1.165) is 28.3 Å². The number of hydrogen-bond donors (Lipinski definition) is 3. The highest BCUT2D eigenvalue weighted by molar-refractivity contribution is 6.76. The fraction of sp³-hybridized carbons (Fsp3) is 0.400. The zero-order chi connectivity index (χ0) is 24.7. The summed E-state index contributed by atoms with van der Waals surface area (Å²) in [6, 6.07) is 15.6. The fourth-order valence-electron chi connectivity index (χ4n) is 3.86. The van der Waals surface area contributed by atoms with Crippen LogP contribution in [-0.2, 0) is 14.3 Å². The van der Waals surface area contributed by atoms with Crippen molar-refractivity contribution in [2.24, 2.45) is 0 Å². The lowest BCUT2D eigenvalue weighted by molar-refractivity contribution is -0.139. The number of benzene rings is 2. The quantitative estimate of drug-likeness (QED) is 0.430. The third-order valence-electron chi connectivity index (χ3n) is 5.72. The zero-order valence-electron chi connectivity index (χ0n) is 19.8. The average molecular weight is 485 g/mol. The Morgan fingerprint density at radius 3 is 2.09 bits per heavy atom. The van der Waals surface area contributed by atoms with Crippen molar-refractivity contribution in [3.8, 4) is 11.1 Å². The maximum atomic E-state index is 12.4. The molecule has 2 aromatic rings. The Morgan fingerprint density at radius 1 is 0.941 bits per heavy atom. The maximum Gasteiger partial charge on any atom is 0.407 e. The van der Waals surface area contributed by atoms with Gasteiger partial charge in [-0.2, -0.15) is 0 Å². The monoisotopic (exact) mass is 484 g/mol. The predicted octanol–water partition coefficient (Wildman–Crippen LogP) is 4.43. The van der Waals surface area contributed by atoms with E-state index in [1.165, 1.54) is 0 Å². The van der Waals surface area contributed by atoms with Crippen LogP contribution in [0.3, 0.4) is 0 Å². The molecule has 0 radical (unpaired) electrons. The van der Waals surface area contributed by atoms with E-state index < -0.39 is 32.3 Å². The molecule has 3 N–H and O–H groups in total. The van der Waals surface area contributed by atoms with E-state index in [-0.39, 0.29) is 25.5 Å². The predicted molar refractivity (Wildman–Crippen MR) is 132 cm³/mol. The summed E-state index contributed by atoms with van der Waals surface area (Å²) < 4.78 is 10.5. The Hall–Kier alpha value is -3.33. The molecule has 0 aliphatic heterocycles. The lowest BCUT2D eigenvalue weighted by Gasteiger charge is -2.18. The lowest BCUT2D eigenvalue weighted by Crippen LogP contribution is -2.43. The average Bonchev–Trinajstić information content (AvgIpc) is 3.10. The standard InChI is InChI=1S/C25H32N2O6Si/c1-34(2,3)15-14-32-24(30)26-13-12-22(23(28)29)27-25(31)33-16-21-19-10-6-4-8-17(19)18-9-5-7-11-20(18)21/h4-11,21-22H,12-16H2,1-3H3,(H,26,30)(H,27,31)(H,28,29)/t22-/m0/s1. The molecule has 9 heteroatoms. The topological polar surface area (TPSA) is 114 Å². The van der Waals surface area contributed by atoms with Crippen molar-refractivity contribution >= 4 is 26.2 Å². The summed E-state index contributed by atoms with van der Waals surface area (Å²) in [5.41, 5.74) is 4.36. The Kier molecular flexibility index (Phi) is 8.33. The van der Waals surface area contributed by atoms with Crippen molar-refractivity contribution in [1.29, 1.82) is 0 Å². The molecule has 182 valence electrons. The molecule has 0 aromatic heterocycles. The van der Waals surface area contributed by atoms with Gasteiger partial charge in [0.25, 0.3) is 0 Å². The van der Waals surface area contributed by atoms with Crippen LogP contribution in [0.25, 0.3) is 11.1 Å². The van der Waals surface area contributed by atoms with E-state index in [1.54, 1.807) is 0 Å². The zero-order valence-corrected chi connectivity index (χ0v) is 20.8. The molecule has 0 spiro atoms. The van der Waals surface area contributed by atoms with Crippen molar-refractivity contribution in [3.63, 3.8) is 0 Å². The minimum atomic E-state index is -1.31. The Labute approximate surface area is 200 Å². The van der Waals surface area contributed by atoms with Gasteiger partial charge in [0.2, 0.25) is 0 Å². The van der Waals surface area contributed by atoms with E-state index in [0.29, 0.717) is 6.61 Å². The number of carbonyl (C=O) groups is 3. The van der Waals surface area contributed by atoms with Gasteiger partial charge >= 0.3 is 18.2 Å². The summed E-state index contributed by atoms with van der Waals surface area (Å²) in [5, 5.41) is 14.4. The Morgan fingerprint density at radius 2 is 1.53 bits per heavy atom. The van der Waals surface area contributed by atoms with Gasteiger partial charge in [0, 0.05) is 20.5 Å². The normalized spacial score (nSPS) is 13.4. The molecular formula is C25H32N2O6Si. The largest absolute Gasteiger partial charge is 0.480 e. The first-order valence-corrected chi connectivity index (χ1v) is 15.1. The number of rotatable bonds is 10. The highest BCUT2D eigenvalue weighted by Gasteiger charge is 2.29. The minimum Gasteiger partial charge on any atom is -0.480 e. The first-order chi connectivity index (χ1) is 16.2. The van der Waals surface area contributed by atoms with Gasteiger partial charge in [-0.25, -0.2) is 14.4 Å². The number of carboxylic acid groups (broad SMARTS) is 1. The van der Waals surface area contributed by atoms with Crippen LogP contribution in [0.4, 0.5) is 9.59 Å². The third-order valence-corrected chi connectivity index (χ3v) is 7.43. The van der Waals surface area contributed by atoms with Crippen LogP contribution in [0.5, 0.6) is 0 Å². The van der Waals surface area contributed by atoms with Gasteiger partial charge in [0.1, 0.15) is 12.6 Å². The van der Waals surface area contributed by atoms with Gasteiger partial charge in [-0.05, 0) is 34.7 Å². The van der Waals surface area contributed by atoms with Crippen LogP contribution in [-0.4, -0.2) is 57.1 Å². The number of nitrogens with one attached hydrogen (secondary N) is 2. The van der Waals surface area contributed by atoms with Crippen LogP contribution in [0.2, 0.25) is 25.7 Å². The Bertz CT molecular complexity index is 991. The summed E-state index contributed by atoms with van der Waals surface area (Å²) in [5.74, 6) is -1.32. The summed E-state index contributed by atoms with van der Waals surface area (Å²) in [7, 11) is -1.31. The summed E-state index contributed by atoms with van der Waals surface area (Å²) in [4.78, 5) is 35.7. The SMILES string of the molecule is C[Si](C)(C)CCOC(=O)NCC[C@H](NC(=O)OCC1c2ccccc2-c2ccccc21)C(=O)O. The first-order valence-electron chi connectivity index (χ1n) is 11.4. The number of hydrogen-bond acceptors (Lipinski definition) is 5. The molecule has 8 nitrogen and oxygen atoms in total. The van der Waals surface area contributed by atoms with Gasteiger partial charge in [-0.1, -0.05) is 68.2 Å². The lowest BCUT2D eigenvalue weighted by atomic mass is 9.98. The van der Waals surface area contributed by atoms with Gasteiger partial charge in [-0.15, -0.1) is 0 Å². The molecule has 0 saturated heterocycles. The third kappa shape index (κ3) is 6.83. The molecular weight excluding hydrogens is 452 g/mol. The second-order valence-electron chi connectivity index (χ2n) is 9.52. The molecule has 0 bridgehead atoms. The number of fused-ring (bicyclic) bond motifs is 3. The van der Waals surface area contributed by atoms with Crippen molar-refractivity contribution in [1.82, 2.24) is 10.6 Å². The number of carbonyl (C=O) groups excluding carboxylic acids is 2. The number of aliphatic carboxylic acids is 1. The number of alkyl carbamates (subject to hydrolysis) is 2. The molecule has 0 fully saturated rings. The highest BCUT2D eigenvalue weighted by Crippen LogP contribution is 2.44. The molecule has 3 rings (SSSR count). The van der Waals surface area contributed by atoms with Crippen LogP contribution < -0.4 is 10.6 Å².